The van der Waals surface area contributed by atoms with Crippen molar-refractivity contribution in [3.8, 4) is 5.75 Å². The zero-order valence-corrected chi connectivity index (χ0v) is 13.7. The van der Waals surface area contributed by atoms with Gasteiger partial charge >= 0.3 is 0 Å². The number of carbonyl (C=O) groups excluding carboxylic acids is 1. The summed E-state index contributed by atoms with van der Waals surface area (Å²) in [6.45, 7) is 0.503. The summed E-state index contributed by atoms with van der Waals surface area (Å²) in [4.78, 5) is 14.0. The van der Waals surface area contributed by atoms with Crippen molar-refractivity contribution in [3.63, 3.8) is 0 Å². The van der Waals surface area contributed by atoms with E-state index in [1.807, 2.05) is 67.5 Å². The molecular formula is C19H22N2O2. The van der Waals surface area contributed by atoms with Gasteiger partial charge in [0.2, 0.25) is 5.91 Å². The Kier molecular flexibility index (Phi) is 5.80. The van der Waals surface area contributed by atoms with Gasteiger partial charge in [0.1, 0.15) is 5.75 Å². The molecule has 0 unspecified atom stereocenters. The number of hydrogen-bond donors (Lipinski definition) is 1. The molecule has 1 N–H and O–H groups in total. The van der Waals surface area contributed by atoms with Gasteiger partial charge in [-0.15, -0.1) is 0 Å². The van der Waals surface area contributed by atoms with Crippen LogP contribution >= 0.6 is 0 Å². The van der Waals surface area contributed by atoms with Crippen molar-refractivity contribution >= 4 is 17.7 Å². The summed E-state index contributed by atoms with van der Waals surface area (Å²) in [5.74, 6) is 0.614. The summed E-state index contributed by atoms with van der Waals surface area (Å²) in [5, 5.41) is 2.88. The van der Waals surface area contributed by atoms with Crippen LogP contribution in [0.5, 0.6) is 5.75 Å². The van der Waals surface area contributed by atoms with E-state index in [2.05, 4.69) is 5.32 Å². The zero-order chi connectivity index (χ0) is 16.7. The van der Waals surface area contributed by atoms with Gasteiger partial charge in [-0.05, 0) is 29.8 Å². The number of carbonyl (C=O) groups is 1. The van der Waals surface area contributed by atoms with Crippen molar-refractivity contribution in [1.82, 2.24) is 5.32 Å². The first-order valence-corrected chi connectivity index (χ1v) is 7.45. The van der Waals surface area contributed by atoms with Crippen molar-refractivity contribution in [1.29, 1.82) is 0 Å². The van der Waals surface area contributed by atoms with Gasteiger partial charge in [-0.2, -0.15) is 0 Å². The van der Waals surface area contributed by atoms with Crippen LogP contribution in [-0.4, -0.2) is 27.1 Å². The fraction of sp³-hybridized carbons (Fsp3) is 0.211. The molecule has 0 spiro atoms. The normalized spacial score (nSPS) is 10.6. The van der Waals surface area contributed by atoms with Crippen molar-refractivity contribution in [2.24, 2.45) is 0 Å². The van der Waals surface area contributed by atoms with E-state index in [1.54, 1.807) is 13.2 Å². The van der Waals surface area contributed by atoms with E-state index in [9.17, 15) is 4.79 Å². The van der Waals surface area contributed by atoms with E-state index in [4.69, 9.17) is 4.74 Å². The number of benzene rings is 2. The molecule has 0 aromatic heterocycles. The monoisotopic (exact) mass is 310 g/mol. The molecule has 0 atom stereocenters. The fourth-order valence-electron chi connectivity index (χ4n) is 2.13. The van der Waals surface area contributed by atoms with Crippen LogP contribution < -0.4 is 15.0 Å². The van der Waals surface area contributed by atoms with Crippen molar-refractivity contribution in [2.75, 3.05) is 26.1 Å². The summed E-state index contributed by atoms with van der Waals surface area (Å²) in [6, 6.07) is 15.7. The van der Waals surface area contributed by atoms with Crippen LogP contribution in [0, 0.1) is 0 Å². The number of methoxy groups -OCH3 is 1. The molecule has 4 nitrogen and oxygen atoms in total. The average molecular weight is 310 g/mol. The van der Waals surface area contributed by atoms with Gasteiger partial charge in [0.05, 0.1) is 7.11 Å². The number of nitrogens with zero attached hydrogens (tertiary/aromatic N) is 1. The number of rotatable bonds is 6. The van der Waals surface area contributed by atoms with E-state index in [-0.39, 0.29) is 5.91 Å². The lowest BCUT2D eigenvalue weighted by molar-refractivity contribution is -0.116. The van der Waals surface area contributed by atoms with Crippen LogP contribution in [0.2, 0.25) is 0 Å². The number of hydrogen-bond acceptors (Lipinski definition) is 3. The van der Waals surface area contributed by atoms with Crippen molar-refractivity contribution in [3.05, 3.63) is 65.7 Å². The Morgan fingerprint density at radius 2 is 1.83 bits per heavy atom. The topological polar surface area (TPSA) is 41.6 Å². The molecule has 0 aliphatic carbocycles. The van der Waals surface area contributed by atoms with Gasteiger partial charge in [0.15, 0.2) is 0 Å². The van der Waals surface area contributed by atoms with Crippen molar-refractivity contribution < 1.29 is 9.53 Å². The summed E-state index contributed by atoms with van der Waals surface area (Å²) < 4.78 is 5.25. The van der Waals surface area contributed by atoms with Crippen LogP contribution in [0.1, 0.15) is 11.1 Å². The Morgan fingerprint density at radius 1 is 1.13 bits per heavy atom. The summed E-state index contributed by atoms with van der Waals surface area (Å²) >= 11 is 0. The third kappa shape index (κ3) is 4.88. The highest BCUT2D eigenvalue weighted by Gasteiger charge is 2.01. The minimum absolute atomic E-state index is 0.132. The molecule has 23 heavy (non-hydrogen) atoms. The molecule has 2 aromatic rings. The quantitative estimate of drug-likeness (QED) is 0.834. The maximum Gasteiger partial charge on any atom is 0.244 e. The minimum Gasteiger partial charge on any atom is -0.496 e. The van der Waals surface area contributed by atoms with Crippen LogP contribution in [0.15, 0.2) is 54.6 Å². The maximum atomic E-state index is 11.9. The molecule has 0 saturated heterocycles. The molecule has 120 valence electrons. The lowest BCUT2D eigenvalue weighted by Crippen LogP contribution is -2.20. The molecule has 0 bridgehead atoms. The van der Waals surface area contributed by atoms with Crippen LogP contribution in [0.25, 0.3) is 6.08 Å². The van der Waals surface area contributed by atoms with Gasteiger partial charge in [-0.3, -0.25) is 4.79 Å². The molecule has 0 saturated carbocycles. The molecule has 4 heteroatoms. The fourth-order valence-corrected chi connectivity index (χ4v) is 2.13. The Balaban J connectivity index is 1.91. The number of para-hydroxylation sites is 1. The highest BCUT2D eigenvalue weighted by atomic mass is 16.5. The highest BCUT2D eigenvalue weighted by molar-refractivity contribution is 5.92. The number of amides is 1. The van der Waals surface area contributed by atoms with E-state index in [0.29, 0.717) is 6.54 Å². The molecule has 0 heterocycles. The summed E-state index contributed by atoms with van der Waals surface area (Å²) in [6.07, 6.45) is 3.27. The number of nitrogens with one attached hydrogen (secondary N) is 1. The molecule has 0 radical (unpaired) electrons. The van der Waals surface area contributed by atoms with Gasteiger partial charge < -0.3 is 15.0 Å². The first kappa shape index (κ1) is 16.6. The molecule has 2 aromatic carbocycles. The molecule has 0 aliphatic heterocycles. The second-order valence-electron chi connectivity index (χ2n) is 5.35. The minimum atomic E-state index is -0.132. The Hall–Kier alpha value is -2.75. The van der Waals surface area contributed by atoms with E-state index >= 15 is 0 Å². The van der Waals surface area contributed by atoms with Gasteiger partial charge in [-0.1, -0.05) is 30.3 Å². The largest absolute Gasteiger partial charge is 0.496 e. The van der Waals surface area contributed by atoms with Gasteiger partial charge in [0, 0.05) is 38.0 Å². The van der Waals surface area contributed by atoms with Crippen LogP contribution in [0.3, 0.4) is 0 Å². The first-order valence-electron chi connectivity index (χ1n) is 7.45. The molecule has 0 aliphatic rings. The second-order valence-corrected chi connectivity index (χ2v) is 5.35. The zero-order valence-electron chi connectivity index (χ0n) is 13.7. The smallest absolute Gasteiger partial charge is 0.244 e. The summed E-state index contributed by atoms with van der Waals surface area (Å²) in [5.41, 5.74) is 3.08. The number of ether oxygens (including phenoxy) is 1. The predicted molar refractivity (Wildman–Crippen MR) is 94.6 cm³/mol. The lowest BCUT2D eigenvalue weighted by Gasteiger charge is -2.12. The first-order chi connectivity index (χ1) is 11.1. The number of anilines is 1. The Bertz CT molecular complexity index is 676. The van der Waals surface area contributed by atoms with E-state index in [1.165, 1.54) is 6.08 Å². The summed E-state index contributed by atoms with van der Waals surface area (Å²) in [7, 11) is 5.61. The van der Waals surface area contributed by atoms with Crippen molar-refractivity contribution in [2.45, 2.75) is 6.54 Å². The van der Waals surface area contributed by atoms with Crippen LogP contribution in [0.4, 0.5) is 5.69 Å². The van der Waals surface area contributed by atoms with E-state index in [0.717, 1.165) is 22.6 Å². The molecule has 2 rings (SSSR count). The molecular weight excluding hydrogens is 288 g/mol. The Labute approximate surface area is 137 Å². The maximum absolute atomic E-state index is 11.9. The average Bonchev–Trinajstić information content (AvgIpc) is 2.58. The van der Waals surface area contributed by atoms with E-state index < -0.39 is 0 Å². The second kappa shape index (κ2) is 8.03. The third-order valence-corrected chi connectivity index (χ3v) is 3.47. The lowest BCUT2D eigenvalue weighted by atomic mass is 10.2. The molecule has 0 fully saturated rings. The van der Waals surface area contributed by atoms with Crippen LogP contribution in [-0.2, 0) is 11.3 Å². The standard InChI is InChI=1S/C19H22N2O2/c1-21(2)17-11-8-15(9-12-17)14-20-19(22)13-10-16-6-4-5-7-18(16)23-3/h4-13H,14H2,1-3H3,(H,20,22)/b13-10+. The Morgan fingerprint density at radius 3 is 2.48 bits per heavy atom. The molecule has 1 amide bonds. The third-order valence-electron chi connectivity index (χ3n) is 3.47. The van der Waals surface area contributed by atoms with Gasteiger partial charge in [-0.25, -0.2) is 0 Å². The van der Waals surface area contributed by atoms with Gasteiger partial charge in [0.25, 0.3) is 0 Å². The highest BCUT2D eigenvalue weighted by Crippen LogP contribution is 2.18. The predicted octanol–water partition coefficient (Wildman–Crippen LogP) is 3.09. The SMILES string of the molecule is COc1ccccc1/C=C/C(=O)NCc1ccc(N(C)C)cc1.